The second-order valence-corrected chi connectivity index (χ2v) is 5.13. The minimum Gasteiger partial charge on any atom is -0.396 e. The van der Waals surface area contributed by atoms with Gasteiger partial charge >= 0.3 is 0 Å². The van der Waals surface area contributed by atoms with Gasteiger partial charge in [-0.25, -0.2) is 0 Å². The van der Waals surface area contributed by atoms with E-state index in [0.29, 0.717) is 13.2 Å². The summed E-state index contributed by atoms with van der Waals surface area (Å²) in [6.07, 6.45) is 2.97. The van der Waals surface area contributed by atoms with Crippen LogP contribution >= 0.6 is 0 Å². The van der Waals surface area contributed by atoms with E-state index < -0.39 is 0 Å². The average Bonchev–Trinajstić information content (AvgIpc) is 2.30. The topological polar surface area (TPSA) is 50.7 Å². The van der Waals surface area contributed by atoms with Crippen LogP contribution < -0.4 is 5.32 Å². The summed E-state index contributed by atoms with van der Waals surface area (Å²) in [5.41, 5.74) is 0.264. The maximum absolute atomic E-state index is 8.79. The number of nitrogens with one attached hydrogen (secondary N) is 1. The molecule has 0 heterocycles. The van der Waals surface area contributed by atoms with E-state index in [2.05, 4.69) is 19.2 Å². The van der Waals surface area contributed by atoms with E-state index in [1.54, 1.807) is 7.11 Å². The van der Waals surface area contributed by atoms with Crippen molar-refractivity contribution in [3.05, 3.63) is 0 Å². The van der Waals surface area contributed by atoms with E-state index >= 15 is 0 Å². The van der Waals surface area contributed by atoms with Gasteiger partial charge in [0.25, 0.3) is 0 Å². The van der Waals surface area contributed by atoms with E-state index in [1.807, 2.05) is 0 Å². The van der Waals surface area contributed by atoms with Crippen molar-refractivity contribution in [1.82, 2.24) is 5.32 Å². The Balaban J connectivity index is 3.26. The molecule has 2 N–H and O–H groups in total. The van der Waals surface area contributed by atoms with Crippen LogP contribution in [0.2, 0.25) is 0 Å². The van der Waals surface area contributed by atoms with Crippen molar-refractivity contribution in [3.8, 4) is 0 Å². The number of aliphatic hydroxyl groups is 1. The molecule has 0 rings (SSSR count). The molecule has 0 saturated carbocycles. The van der Waals surface area contributed by atoms with Crippen molar-refractivity contribution in [3.63, 3.8) is 0 Å². The Morgan fingerprint density at radius 2 is 1.88 bits per heavy atom. The molecule has 0 aliphatic rings. The highest BCUT2D eigenvalue weighted by atomic mass is 16.5. The van der Waals surface area contributed by atoms with Crippen molar-refractivity contribution >= 4 is 0 Å². The highest BCUT2D eigenvalue weighted by molar-refractivity contribution is 4.71. The number of ether oxygens (including phenoxy) is 2. The minimum atomic E-state index is 0.264. The number of aliphatic hydroxyl groups excluding tert-OH is 1. The summed E-state index contributed by atoms with van der Waals surface area (Å²) in [6.45, 7) is 8.85. The van der Waals surface area contributed by atoms with Crippen LogP contribution in [0, 0.1) is 5.41 Å². The van der Waals surface area contributed by atoms with Gasteiger partial charge in [0.2, 0.25) is 0 Å². The first kappa shape index (κ1) is 16.8. The zero-order chi connectivity index (χ0) is 13.0. The molecule has 0 spiro atoms. The number of rotatable bonds is 12. The maximum Gasteiger partial charge on any atom is 0.0700 e. The second-order valence-electron chi connectivity index (χ2n) is 5.13. The molecule has 17 heavy (non-hydrogen) atoms. The van der Waals surface area contributed by atoms with Gasteiger partial charge in [0.05, 0.1) is 13.2 Å². The van der Waals surface area contributed by atoms with Crippen molar-refractivity contribution in [2.75, 3.05) is 46.6 Å². The summed E-state index contributed by atoms with van der Waals surface area (Å²) >= 11 is 0. The van der Waals surface area contributed by atoms with Crippen molar-refractivity contribution in [2.24, 2.45) is 5.41 Å². The van der Waals surface area contributed by atoms with Crippen LogP contribution in [0.1, 0.15) is 33.1 Å². The first-order valence-corrected chi connectivity index (χ1v) is 6.50. The Hall–Kier alpha value is -0.160. The van der Waals surface area contributed by atoms with Crippen LogP contribution in [-0.4, -0.2) is 51.7 Å². The largest absolute Gasteiger partial charge is 0.396 e. The third kappa shape index (κ3) is 12.1. The van der Waals surface area contributed by atoms with Crippen molar-refractivity contribution in [2.45, 2.75) is 33.1 Å². The van der Waals surface area contributed by atoms with Gasteiger partial charge in [-0.05, 0) is 31.2 Å². The van der Waals surface area contributed by atoms with E-state index in [9.17, 15) is 0 Å². The summed E-state index contributed by atoms with van der Waals surface area (Å²) in [6, 6.07) is 0. The number of hydrogen-bond donors (Lipinski definition) is 2. The molecule has 0 bridgehead atoms. The predicted octanol–water partition coefficient (Wildman–Crippen LogP) is 1.43. The Bertz CT molecular complexity index is 163. The van der Waals surface area contributed by atoms with Crippen LogP contribution in [0.15, 0.2) is 0 Å². The molecule has 4 nitrogen and oxygen atoms in total. The minimum absolute atomic E-state index is 0.264. The second kappa shape index (κ2) is 11.0. The third-order valence-corrected chi connectivity index (χ3v) is 2.69. The summed E-state index contributed by atoms with van der Waals surface area (Å²) in [7, 11) is 1.68. The number of hydrogen-bond acceptors (Lipinski definition) is 4. The summed E-state index contributed by atoms with van der Waals surface area (Å²) in [4.78, 5) is 0. The van der Waals surface area contributed by atoms with E-state index in [0.717, 1.165) is 39.0 Å². The highest BCUT2D eigenvalue weighted by Gasteiger charge is 2.16. The maximum atomic E-state index is 8.79. The normalized spacial score (nSPS) is 12.0. The van der Waals surface area contributed by atoms with Crippen LogP contribution in [0.3, 0.4) is 0 Å². The predicted molar refractivity (Wildman–Crippen MR) is 70.3 cm³/mol. The molecule has 0 saturated heterocycles. The van der Waals surface area contributed by atoms with Gasteiger partial charge in [-0.3, -0.25) is 0 Å². The van der Waals surface area contributed by atoms with Crippen molar-refractivity contribution in [1.29, 1.82) is 0 Å². The van der Waals surface area contributed by atoms with Gasteiger partial charge in [0, 0.05) is 26.9 Å². The first-order valence-electron chi connectivity index (χ1n) is 6.50. The summed E-state index contributed by atoms with van der Waals surface area (Å²) < 4.78 is 10.3. The molecular weight excluding hydrogens is 218 g/mol. The Labute approximate surface area is 106 Å². The molecule has 0 unspecified atom stereocenters. The SMILES string of the molecule is COCCOCCCNCC(C)(C)CCCO. The lowest BCUT2D eigenvalue weighted by molar-refractivity contribution is 0.0692. The lowest BCUT2D eigenvalue weighted by Gasteiger charge is -2.24. The van der Waals surface area contributed by atoms with E-state index in [-0.39, 0.29) is 12.0 Å². The van der Waals surface area contributed by atoms with Gasteiger partial charge in [0.1, 0.15) is 0 Å². The quantitative estimate of drug-likeness (QED) is 0.512. The Morgan fingerprint density at radius 3 is 2.53 bits per heavy atom. The van der Waals surface area contributed by atoms with Gasteiger partial charge < -0.3 is 19.9 Å². The molecule has 0 fully saturated rings. The summed E-state index contributed by atoms with van der Waals surface area (Å²) in [5.74, 6) is 0. The van der Waals surface area contributed by atoms with E-state index in [1.165, 1.54) is 0 Å². The number of methoxy groups -OCH3 is 1. The molecule has 4 heteroatoms. The smallest absolute Gasteiger partial charge is 0.0700 e. The Kier molecular flexibility index (Phi) is 10.9. The van der Waals surface area contributed by atoms with Gasteiger partial charge in [-0.2, -0.15) is 0 Å². The van der Waals surface area contributed by atoms with Crippen molar-refractivity contribution < 1.29 is 14.6 Å². The molecule has 0 amide bonds. The molecule has 0 aromatic rings. The zero-order valence-electron chi connectivity index (χ0n) is 11.6. The molecule has 0 aromatic carbocycles. The van der Waals surface area contributed by atoms with Crippen LogP contribution in [-0.2, 0) is 9.47 Å². The van der Waals surface area contributed by atoms with Gasteiger partial charge in [-0.15, -0.1) is 0 Å². The first-order chi connectivity index (χ1) is 8.12. The van der Waals surface area contributed by atoms with Crippen LogP contribution in [0.4, 0.5) is 0 Å². The fourth-order valence-corrected chi connectivity index (χ4v) is 1.62. The van der Waals surface area contributed by atoms with Crippen LogP contribution in [0.5, 0.6) is 0 Å². The fraction of sp³-hybridized carbons (Fsp3) is 1.00. The molecule has 104 valence electrons. The van der Waals surface area contributed by atoms with Gasteiger partial charge in [-0.1, -0.05) is 13.8 Å². The Morgan fingerprint density at radius 1 is 1.12 bits per heavy atom. The standard InChI is InChI=1S/C13H29NO3/c1-13(2,6-4-8-15)12-14-7-5-9-17-11-10-16-3/h14-15H,4-12H2,1-3H3. The molecule has 0 aliphatic carbocycles. The molecule has 0 aliphatic heterocycles. The highest BCUT2D eigenvalue weighted by Crippen LogP contribution is 2.20. The average molecular weight is 247 g/mol. The molecule has 0 aromatic heterocycles. The molecule has 0 radical (unpaired) electrons. The van der Waals surface area contributed by atoms with Gasteiger partial charge in [0.15, 0.2) is 0 Å². The molecule has 0 atom stereocenters. The summed E-state index contributed by atoms with van der Waals surface area (Å²) in [5, 5.41) is 12.2. The lowest BCUT2D eigenvalue weighted by Crippen LogP contribution is -2.30. The zero-order valence-corrected chi connectivity index (χ0v) is 11.6. The third-order valence-electron chi connectivity index (χ3n) is 2.69. The van der Waals surface area contributed by atoms with E-state index in [4.69, 9.17) is 14.6 Å². The lowest BCUT2D eigenvalue weighted by atomic mass is 9.88. The van der Waals surface area contributed by atoms with Crippen LogP contribution in [0.25, 0.3) is 0 Å². The monoisotopic (exact) mass is 247 g/mol. The molecular formula is C13H29NO3. The fourth-order valence-electron chi connectivity index (χ4n) is 1.62.